The SMILES string of the molecule is CNCc1cnc(Cc2ccc(OC)nc2)s1. The first-order valence-corrected chi connectivity index (χ1v) is 6.20. The van der Waals surface area contributed by atoms with Gasteiger partial charge in [0, 0.05) is 36.3 Å². The van der Waals surface area contributed by atoms with Crippen molar-refractivity contribution in [3.05, 3.63) is 40.0 Å². The molecule has 0 spiro atoms. The highest BCUT2D eigenvalue weighted by molar-refractivity contribution is 7.11. The third-order valence-corrected chi connectivity index (χ3v) is 3.31. The smallest absolute Gasteiger partial charge is 0.212 e. The van der Waals surface area contributed by atoms with Gasteiger partial charge in [0.2, 0.25) is 5.88 Å². The van der Waals surface area contributed by atoms with Gasteiger partial charge in [-0.1, -0.05) is 6.07 Å². The van der Waals surface area contributed by atoms with Crippen LogP contribution in [-0.2, 0) is 13.0 Å². The zero-order valence-electron chi connectivity index (χ0n) is 9.93. The van der Waals surface area contributed by atoms with E-state index in [0.29, 0.717) is 5.88 Å². The summed E-state index contributed by atoms with van der Waals surface area (Å²) in [6.07, 6.45) is 4.58. The fourth-order valence-corrected chi connectivity index (χ4v) is 2.47. The van der Waals surface area contributed by atoms with Gasteiger partial charge >= 0.3 is 0 Å². The molecule has 0 amide bonds. The zero-order chi connectivity index (χ0) is 12.1. The summed E-state index contributed by atoms with van der Waals surface area (Å²) < 4.78 is 5.02. The van der Waals surface area contributed by atoms with Crippen LogP contribution in [0.2, 0.25) is 0 Å². The van der Waals surface area contributed by atoms with E-state index in [1.807, 2.05) is 31.6 Å². The summed E-state index contributed by atoms with van der Waals surface area (Å²) >= 11 is 1.73. The summed E-state index contributed by atoms with van der Waals surface area (Å²) in [7, 11) is 3.56. The van der Waals surface area contributed by atoms with E-state index < -0.39 is 0 Å². The van der Waals surface area contributed by atoms with Crippen LogP contribution in [0, 0.1) is 0 Å². The third kappa shape index (κ3) is 3.25. The average Bonchev–Trinajstić information content (AvgIpc) is 2.78. The monoisotopic (exact) mass is 249 g/mol. The van der Waals surface area contributed by atoms with Crippen LogP contribution in [0.15, 0.2) is 24.5 Å². The second kappa shape index (κ2) is 5.75. The predicted molar refractivity (Wildman–Crippen MR) is 68.5 cm³/mol. The van der Waals surface area contributed by atoms with E-state index in [4.69, 9.17) is 4.74 Å². The molecule has 0 bridgehead atoms. The molecule has 0 radical (unpaired) electrons. The van der Waals surface area contributed by atoms with E-state index in [1.165, 1.54) is 4.88 Å². The van der Waals surface area contributed by atoms with Crippen molar-refractivity contribution in [2.45, 2.75) is 13.0 Å². The van der Waals surface area contributed by atoms with Crippen molar-refractivity contribution in [2.24, 2.45) is 0 Å². The molecule has 17 heavy (non-hydrogen) atoms. The number of hydrogen-bond acceptors (Lipinski definition) is 5. The maximum absolute atomic E-state index is 5.02. The first kappa shape index (κ1) is 12.0. The third-order valence-electron chi connectivity index (χ3n) is 2.31. The standard InChI is InChI=1S/C12H15N3OS/c1-13-7-10-8-15-12(17-10)5-9-3-4-11(16-2)14-6-9/h3-4,6,8,13H,5,7H2,1-2H3. The van der Waals surface area contributed by atoms with Crippen LogP contribution in [-0.4, -0.2) is 24.1 Å². The lowest BCUT2D eigenvalue weighted by Crippen LogP contribution is -2.02. The molecule has 2 aromatic rings. The number of thiazole rings is 1. The molecule has 0 unspecified atom stereocenters. The van der Waals surface area contributed by atoms with Crippen LogP contribution >= 0.6 is 11.3 Å². The number of nitrogens with one attached hydrogen (secondary N) is 1. The molecule has 0 saturated carbocycles. The molecule has 0 saturated heterocycles. The fourth-order valence-electron chi connectivity index (χ4n) is 1.50. The van der Waals surface area contributed by atoms with Gasteiger partial charge in [-0.3, -0.25) is 0 Å². The highest BCUT2D eigenvalue weighted by Gasteiger charge is 2.03. The topological polar surface area (TPSA) is 47.0 Å². The molecule has 90 valence electrons. The Labute approximate surface area is 105 Å². The van der Waals surface area contributed by atoms with Gasteiger partial charge in [0.1, 0.15) is 0 Å². The molecule has 0 aliphatic carbocycles. The van der Waals surface area contributed by atoms with E-state index >= 15 is 0 Å². The quantitative estimate of drug-likeness (QED) is 0.878. The molecule has 5 heteroatoms. The van der Waals surface area contributed by atoms with Crippen molar-refractivity contribution in [3.8, 4) is 5.88 Å². The van der Waals surface area contributed by atoms with Gasteiger partial charge in [-0.05, 0) is 12.6 Å². The summed E-state index contributed by atoms with van der Waals surface area (Å²) in [5, 5.41) is 4.23. The average molecular weight is 249 g/mol. The molecular weight excluding hydrogens is 234 g/mol. The predicted octanol–water partition coefficient (Wildman–Crippen LogP) is 1.86. The Morgan fingerprint density at radius 3 is 2.82 bits per heavy atom. The molecule has 4 nitrogen and oxygen atoms in total. The van der Waals surface area contributed by atoms with Crippen LogP contribution in [0.25, 0.3) is 0 Å². The largest absolute Gasteiger partial charge is 0.481 e. The van der Waals surface area contributed by atoms with Crippen molar-refractivity contribution < 1.29 is 4.74 Å². The van der Waals surface area contributed by atoms with E-state index in [0.717, 1.165) is 23.5 Å². The highest BCUT2D eigenvalue weighted by Crippen LogP contribution is 2.17. The van der Waals surface area contributed by atoms with E-state index in [1.54, 1.807) is 18.4 Å². The molecule has 2 heterocycles. The first-order valence-electron chi connectivity index (χ1n) is 5.39. The van der Waals surface area contributed by atoms with Gasteiger partial charge in [-0.15, -0.1) is 11.3 Å². The Hall–Kier alpha value is -1.46. The van der Waals surface area contributed by atoms with Gasteiger partial charge in [0.05, 0.1) is 12.1 Å². The number of methoxy groups -OCH3 is 1. The second-order valence-electron chi connectivity index (χ2n) is 3.64. The van der Waals surface area contributed by atoms with Crippen molar-refractivity contribution in [2.75, 3.05) is 14.2 Å². The maximum Gasteiger partial charge on any atom is 0.212 e. The minimum atomic E-state index is 0.642. The number of aromatic nitrogens is 2. The highest BCUT2D eigenvalue weighted by atomic mass is 32.1. The van der Waals surface area contributed by atoms with E-state index in [2.05, 4.69) is 15.3 Å². The number of rotatable bonds is 5. The zero-order valence-corrected chi connectivity index (χ0v) is 10.8. The lowest BCUT2D eigenvalue weighted by molar-refractivity contribution is 0.397. The second-order valence-corrected chi connectivity index (χ2v) is 4.84. The lowest BCUT2D eigenvalue weighted by Gasteiger charge is -2.00. The normalized spacial score (nSPS) is 10.5. The summed E-state index contributed by atoms with van der Waals surface area (Å²) in [4.78, 5) is 9.82. The van der Waals surface area contributed by atoms with Crippen LogP contribution in [0.5, 0.6) is 5.88 Å². The van der Waals surface area contributed by atoms with Crippen molar-refractivity contribution in [3.63, 3.8) is 0 Å². The van der Waals surface area contributed by atoms with Crippen LogP contribution in [0.4, 0.5) is 0 Å². The van der Waals surface area contributed by atoms with Gasteiger partial charge in [0.15, 0.2) is 0 Å². The van der Waals surface area contributed by atoms with E-state index in [9.17, 15) is 0 Å². The van der Waals surface area contributed by atoms with Crippen LogP contribution in [0.3, 0.4) is 0 Å². The van der Waals surface area contributed by atoms with Crippen LogP contribution < -0.4 is 10.1 Å². The van der Waals surface area contributed by atoms with Gasteiger partial charge in [-0.2, -0.15) is 0 Å². The Bertz CT molecular complexity index is 467. The lowest BCUT2D eigenvalue weighted by atomic mass is 10.2. The first-order chi connectivity index (χ1) is 8.31. The van der Waals surface area contributed by atoms with Crippen LogP contribution in [0.1, 0.15) is 15.4 Å². The molecule has 0 aliphatic rings. The number of nitrogens with zero attached hydrogens (tertiary/aromatic N) is 2. The Morgan fingerprint density at radius 2 is 2.18 bits per heavy atom. The van der Waals surface area contributed by atoms with Crippen molar-refractivity contribution >= 4 is 11.3 Å². The Balaban J connectivity index is 2.03. The summed E-state index contributed by atoms with van der Waals surface area (Å²) in [5.41, 5.74) is 1.15. The molecule has 2 aromatic heterocycles. The molecule has 0 fully saturated rings. The van der Waals surface area contributed by atoms with Gasteiger partial charge in [-0.25, -0.2) is 9.97 Å². The van der Waals surface area contributed by atoms with E-state index in [-0.39, 0.29) is 0 Å². The molecule has 2 rings (SSSR count). The van der Waals surface area contributed by atoms with Crippen molar-refractivity contribution in [1.82, 2.24) is 15.3 Å². The maximum atomic E-state index is 5.02. The minimum Gasteiger partial charge on any atom is -0.481 e. The summed E-state index contributed by atoms with van der Waals surface area (Å²) in [5.74, 6) is 0.642. The molecule has 1 N–H and O–H groups in total. The minimum absolute atomic E-state index is 0.642. The van der Waals surface area contributed by atoms with Gasteiger partial charge < -0.3 is 10.1 Å². The molecular formula is C12H15N3OS. The molecule has 0 atom stereocenters. The number of hydrogen-bond donors (Lipinski definition) is 1. The molecule has 0 aromatic carbocycles. The molecule has 0 aliphatic heterocycles. The summed E-state index contributed by atoms with van der Waals surface area (Å²) in [6.45, 7) is 0.874. The summed E-state index contributed by atoms with van der Waals surface area (Å²) in [6, 6.07) is 3.89. The number of ether oxygens (including phenoxy) is 1. The Morgan fingerprint density at radius 1 is 1.29 bits per heavy atom. The number of pyridine rings is 1. The van der Waals surface area contributed by atoms with Gasteiger partial charge in [0.25, 0.3) is 0 Å². The van der Waals surface area contributed by atoms with Crippen molar-refractivity contribution in [1.29, 1.82) is 0 Å². The Kier molecular flexibility index (Phi) is 4.06. The fraction of sp³-hybridized carbons (Fsp3) is 0.333.